The van der Waals surface area contributed by atoms with E-state index in [1.54, 1.807) is 42.6 Å². The van der Waals surface area contributed by atoms with Crippen molar-refractivity contribution in [2.45, 2.75) is 13.0 Å². The molecule has 0 N–H and O–H groups in total. The summed E-state index contributed by atoms with van der Waals surface area (Å²) in [5.41, 5.74) is 1.12. The van der Waals surface area contributed by atoms with Gasteiger partial charge in [0.1, 0.15) is 11.4 Å². The van der Waals surface area contributed by atoms with Crippen molar-refractivity contribution >= 4 is 0 Å². The van der Waals surface area contributed by atoms with Crippen LogP contribution in [0.3, 0.4) is 0 Å². The van der Waals surface area contributed by atoms with Crippen molar-refractivity contribution in [1.29, 1.82) is 5.26 Å². The summed E-state index contributed by atoms with van der Waals surface area (Å²) in [4.78, 5) is 16.0. The summed E-state index contributed by atoms with van der Waals surface area (Å²) in [7, 11) is 0. The molecular weight excluding hydrogens is 308 g/mol. The fraction of sp³-hybridized carbons (Fsp3) is 0.176. The van der Waals surface area contributed by atoms with Crippen molar-refractivity contribution < 1.29 is 9.26 Å². The number of nitrogens with zero attached hydrogens (tertiary/aromatic N) is 4. The molecular formula is C17H14N4O3. The molecule has 2 heterocycles. The van der Waals surface area contributed by atoms with E-state index < -0.39 is 5.76 Å². The average molecular weight is 322 g/mol. The highest BCUT2D eigenvalue weighted by molar-refractivity contribution is 5.47. The molecule has 7 nitrogen and oxygen atoms in total. The lowest BCUT2D eigenvalue weighted by atomic mass is 10.2. The summed E-state index contributed by atoms with van der Waals surface area (Å²) in [5.74, 6) is 0.492. The molecule has 120 valence electrons. The summed E-state index contributed by atoms with van der Waals surface area (Å²) < 4.78 is 11.8. The van der Waals surface area contributed by atoms with Crippen LogP contribution in [0.1, 0.15) is 12.0 Å². The van der Waals surface area contributed by atoms with E-state index in [0.717, 1.165) is 0 Å². The monoisotopic (exact) mass is 322 g/mol. The van der Waals surface area contributed by atoms with Gasteiger partial charge in [-0.15, -0.1) is 0 Å². The lowest BCUT2D eigenvalue weighted by Gasteiger charge is -2.07. The number of aromatic nitrogens is 3. The van der Waals surface area contributed by atoms with Gasteiger partial charge in [0.15, 0.2) is 0 Å². The van der Waals surface area contributed by atoms with E-state index in [1.165, 1.54) is 4.57 Å². The van der Waals surface area contributed by atoms with E-state index in [4.69, 9.17) is 14.5 Å². The first-order valence-corrected chi connectivity index (χ1v) is 7.39. The number of ether oxygens (including phenoxy) is 1. The molecule has 1 aromatic carbocycles. The zero-order chi connectivity index (χ0) is 16.8. The van der Waals surface area contributed by atoms with Crippen molar-refractivity contribution in [1.82, 2.24) is 14.7 Å². The van der Waals surface area contributed by atoms with Crippen LogP contribution in [-0.2, 0) is 6.54 Å². The van der Waals surface area contributed by atoms with E-state index >= 15 is 0 Å². The van der Waals surface area contributed by atoms with Gasteiger partial charge in [0, 0.05) is 12.7 Å². The van der Waals surface area contributed by atoms with Gasteiger partial charge >= 0.3 is 5.76 Å². The van der Waals surface area contributed by atoms with Crippen molar-refractivity contribution in [3.63, 3.8) is 0 Å². The summed E-state index contributed by atoms with van der Waals surface area (Å²) in [5, 5.41) is 12.6. The highest BCUT2D eigenvalue weighted by atomic mass is 16.5. The number of hydrogen-bond donors (Lipinski definition) is 0. The molecule has 0 aliphatic carbocycles. The SMILES string of the molecule is N#Cc1cccc(OCCCn2c(-c3ccccn3)noc2=O)c1. The minimum absolute atomic E-state index is 0.395. The Bertz CT molecular complexity index is 909. The molecule has 0 radical (unpaired) electrons. The molecule has 0 bridgehead atoms. The van der Waals surface area contributed by atoms with Gasteiger partial charge in [0.25, 0.3) is 0 Å². The molecule has 0 saturated carbocycles. The van der Waals surface area contributed by atoms with Gasteiger partial charge in [-0.05, 0) is 36.8 Å². The third-order valence-electron chi connectivity index (χ3n) is 3.34. The Labute approximate surface area is 137 Å². The molecule has 0 atom stereocenters. The second-order valence-electron chi connectivity index (χ2n) is 4.98. The molecule has 7 heteroatoms. The predicted molar refractivity (Wildman–Crippen MR) is 85.3 cm³/mol. The standard InChI is InChI=1S/C17H14N4O3/c18-12-13-5-3-6-14(11-13)23-10-4-9-21-16(20-24-17(21)22)15-7-1-2-8-19-15/h1-3,5-8,11H,4,9-10H2. The number of rotatable bonds is 6. The smallest absolute Gasteiger partial charge is 0.441 e. The fourth-order valence-corrected chi connectivity index (χ4v) is 2.21. The molecule has 0 fully saturated rings. The number of hydrogen-bond acceptors (Lipinski definition) is 6. The van der Waals surface area contributed by atoms with Crippen LogP contribution in [-0.4, -0.2) is 21.3 Å². The molecule has 24 heavy (non-hydrogen) atoms. The van der Waals surface area contributed by atoms with Gasteiger partial charge in [-0.25, -0.2) is 4.79 Å². The van der Waals surface area contributed by atoms with Crippen LogP contribution in [0.4, 0.5) is 0 Å². The van der Waals surface area contributed by atoms with E-state index in [1.807, 2.05) is 6.07 Å². The molecule has 0 saturated heterocycles. The molecule has 2 aromatic heterocycles. The third-order valence-corrected chi connectivity index (χ3v) is 3.34. The maximum absolute atomic E-state index is 11.8. The Balaban J connectivity index is 1.62. The zero-order valence-electron chi connectivity index (χ0n) is 12.8. The van der Waals surface area contributed by atoms with Gasteiger partial charge in [-0.1, -0.05) is 17.3 Å². The molecule has 0 unspecified atom stereocenters. The van der Waals surface area contributed by atoms with Crippen molar-refractivity contribution in [2.75, 3.05) is 6.61 Å². The third kappa shape index (κ3) is 3.50. The molecule has 3 rings (SSSR count). The minimum Gasteiger partial charge on any atom is -0.493 e. The van der Waals surface area contributed by atoms with E-state index in [-0.39, 0.29) is 0 Å². The van der Waals surface area contributed by atoms with E-state index in [9.17, 15) is 4.79 Å². The van der Waals surface area contributed by atoms with Crippen LogP contribution in [0.5, 0.6) is 5.75 Å². The predicted octanol–water partition coefficient (Wildman–Crippen LogP) is 2.24. The van der Waals surface area contributed by atoms with Gasteiger partial charge in [-0.3, -0.25) is 14.1 Å². The summed E-state index contributed by atoms with van der Waals surface area (Å²) >= 11 is 0. The fourth-order valence-electron chi connectivity index (χ4n) is 2.21. The number of nitriles is 1. The topological polar surface area (TPSA) is 93.9 Å². The maximum Gasteiger partial charge on any atom is 0.441 e. The Hall–Kier alpha value is -3.40. The highest BCUT2D eigenvalue weighted by Gasteiger charge is 2.13. The average Bonchev–Trinajstić information content (AvgIpc) is 3.00. The second kappa shape index (κ2) is 7.24. The van der Waals surface area contributed by atoms with Crippen LogP contribution >= 0.6 is 0 Å². The van der Waals surface area contributed by atoms with Crippen molar-refractivity contribution in [3.8, 4) is 23.3 Å². The molecule has 0 aliphatic heterocycles. The largest absolute Gasteiger partial charge is 0.493 e. The second-order valence-corrected chi connectivity index (χ2v) is 4.98. The Morgan fingerprint density at radius 1 is 1.25 bits per heavy atom. The van der Waals surface area contributed by atoms with Gasteiger partial charge in [-0.2, -0.15) is 5.26 Å². The molecule has 3 aromatic rings. The van der Waals surface area contributed by atoms with Crippen molar-refractivity contribution in [3.05, 3.63) is 64.8 Å². The normalized spacial score (nSPS) is 10.3. The first-order chi connectivity index (χ1) is 11.8. The van der Waals surface area contributed by atoms with Crippen LogP contribution in [0.25, 0.3) is 11.5 Å². The maximum atomic E-state index is 11.8. The Morgan fingerprint density at radius 3 is 2.96 bits per heavy atom. The summed E-state index contributed by atoms with van der Waals surface area (Å²) in [6.45, 7) is 0.792. The summed E-state index contributed by atoms with van der Waals surface area (Å²) in [6.07, 6.45) is 2.21. The molecule has 0 spiro atoms. The Kier molecular flexibility index (Phi) is 4.68. The quantitative estimate of drug-likeness (QED) is 0.646. The lowest BCUT2D eigenvalue weighted by molar-refractivity contribution is 0.298. The van der Waals surface area contributed by atoms with Gasteiger partial charge in [0.2, 0.25) is 5.82 Å². The highest BCUT2D eigenvalue weighted by Crippen LogP contribution is 2.14. The number of pyridine rings is 1. The Morgan fingerprint density at radius 2 is 2.17 bits per heavy atom. The number of benzene rings is 1. The lowest BCUT2D eigenvalue weighted by Crippen LogP contribution is -2.17. The minimum atomic E-state index is -0.526. The molecule has 0 aliphatic rings. The van der Waals surface area contributed by atoms with Gasteiger partial charge < -0.3 is 4.74 Å². The molecule has 0 amide bonds. The van der Waals surface area contributed by atoms with E-state index in [2.05, 4.69) is 16.2 Å². The van der Waals surface area contributed by atoms with Crippen LogP contribution in [0.15, 0.2) is 58.0 Å². The van der Waals surface area contributed by atoms with E-state index in [0.29, 0.717) is 42.4 Å². The summed E-state index contributed by atoms with van der Waals surface area (Å²) in [6, 6.07) is 14.4. The van der Waals surface area contributed by atoms with Crippen LogP contribution in [0, 0.1) is 11.3 Å². The first kappa shape index (κ1) is 15.5. The van der Waals surface area contributed by atoms with Crippen LogP contribution in [0.2, 0.25) is 0 Å². The first-order valence-electron chi connectivity index (χ1n) is 7.39. The van der Waals surface area contributed by atoms with Gasteiger partial charge in [0.05, 0.1) is 18.2 Å². The zero-order valence-corrected chi connectivity index (χ0v) is 12.8. The van der Waals surface area contributed by atoms with Crippen molar-refractivity contribution in [2.24, 2.45) is 0 Å². The van der Waals surface area contributed by atoms with Crippen LogP contribution < -0.4 is 10.5 Å².